The SMILES string of the molecule is Cc1nnc(-c2ccc(Oc3cc(-c4nc(C5CC(=O)N(C6CC6)C5)no4)ccc3C(C)N3CCCC3=O)cc2)s1. The zero-order valence-corrected chi connectivity index (χ0v) is 23.8. The number of benzene rings is 2. The molecule has 2 aromatic heterocycles. The number of hydrogen-bond donors (Lipinski definition) is 0. The maximum absolute atomic E-state index is 12.6. The van der Waals surface area contributed by atoms with E-state index >= 15 is 0 Å². The third-order valence-corrected chi connectivity index (χ3v) is 8.98. The number of nitrogens with zero attached hydrogens (tertiary/aromatic N) is 6. The summed E-state index contributed by atoms with van der Waals surface area (Å²) in [7, 11) is 0. The molecule has 1 saturated carbocycles. The summed E-state index contributed by atoms with van der Waals surface area (Å²) in [5, 5.41) is 14.3. The Bertz CT molecular complexity index is 1610. The molecule has 0 spiro atoms. The summed E-state index contributed by atoms with van der Waals surface area (Å²) in [4.78, 5) is 33.6. The van der Waals surface area contributed by atoms with Crippen LogP contribution in [0, 0.1) is 6.92 Å². The Morgan fingerprint density at radius 2 is 1.85 bits per heavy atom. The van der Waals surface area contributed by atoms with Gasteiger partial charge in [-0.1, -0.05) is 22.6 Å². The molecule has 7 rings (SSSR count). The van der Waals surface area contributed by atoms with E-state index < -0.39 is 0 Å². The van der Waals surface area contributed by atoms with E-state index in [0.29, 0.717) is 54.2 Å². The second-order valence-corrected chi connectivity index (χ2v) is 12.2. The van der Waals surface area contributed by atoms with Gasteiger partial charge in [-0.2, -0.15) is 4.98 Å². The molecule has 210 valence electrons. The molecule has 41 heavy (non-hydrogen) atoms. The van der Waals surface area contributed by atoms with Crippen LogP contribution in [0.2, 0.25) is 0 Å². The zero-order chi connectivity index (χ0) is 28.1. The number of carbonyl (C=O) groups excluding carboxylic acids is 2. The number of hydrogen-bond acceptors (Lipinski definition) is 9. The number of aryl methyl sites for hydroxylation is 1. The van der Waals surface area contributed by atoms with Gasteiger partial charge in [0.25, 0.3) is 5.89 Å². The highest BCUT2D eigenvalue weighted by Crippen LogP contribution is 2.39. The van der Waals surface area contributed by atoms with Crippen molar-refractivity contribution in [2.75, 3.05) is 13.1 Å². The lowest BCUT2D eigenvalue weighted by atomic mass is 10.0. The summed E-state index contributed by atoms with van der Waals surface area (Å²) in [6.45, 7) is 5.33. The van der Waals surface area contributed by atoms with Crippen molar-refractivity contribution in [1.82, 2.24) is 30.1 Å². The maximum Gasteiger partial charge on any atom is 0.258 e. The van der Waals surface area contributed by atoms with Gasteiger partial charge in [0, 0.05) is 54.6 Å². The molecule has 2 amide bonds. The molecule has 2 saturated heterocycles. The molecule has 0 N–H and O–H groups in total. The van der Waals surface area contributed by atoms with Crippen LogP contribution < -0.4 is 4.74 Å². The van der Waals surface area contributed by atoms with E-state index in [-0.39, 0.29) is 23.8 Å². The van der Waals surface area contributed by atoms with Crippen LogP contribution in [-0.2, 0) is 9.59 Å². The molecule has 2 unspecified atom stereocenters. The standard InChI is InChI=1S/C30H30N6O4S/c1-17(35-13-3-4-26(35)37)24-12-7-20(29-31-28(34-40-29)21-15-27(38)36(16-21)22-8-9-22)14-25(24)39-23-10-5-19(6-11-23)30-33-32-18(2)41-30/h5-7,10-12,14,17,21-22H,3-4,8-9,13,15-16H2,1-2H3. The first kappa shape index (κ1) is 25.8. The van der Waals surface area contributed by atoms with Gasteiger partial charge >= 0.3 is 0 Å². The molecule has 0 radical (unpaired) electrons. The van der Waals surface area contributed by atoms with Gasteiger partial charge in [-0.25, -0.2) is 0 Å². The van der Waals surface area contributed by atoms with E-state index in [9.17, 15) is 9.59 Å². The summed E-state index contributed by atoms with van der Waals surface area (Å²) < 4.78 is 12.1. The molecule has 11 heteroatoms. The summed E-state index contributed by atoms with van der Waals surface area (Å²) in [5.74, 6) is 2.46. The fraction of sp³-hybridized carbons (Fsp3) is 0.400. The second-order valence-electron chi connectivity index (χ2n) is 11.0. The lowest BCUT2D eigenvalue weighted by Crippen LogP contribution is -2.28. The van der Waals surface area contributed by atoms with Crippen LogP contribution in [0.25, 0.3) is 22.0 Å². The van der Waals surface area contributed by atoms with E-state index in [1.807, 2.05) is 66.1 Å². The normalized spacial score (nSPS) is 19.8. The summed E-state index contributed by atoms with van der Waals surface area (Å²) >= 11 is 1.54. The number of rotatable bonds is 8. The van der Waals surface area contributed by atoms with Crippen molar-refractivity contribution in [3.8, 4) is 33.5 Å². The zero-order valence-electron chi connectivity index (χ0n) is 22.9. The van der Waals surface area contributed by atoms with Gasteiger partial charge in [0.1, 0.15) is 21.5 Å². The summed E-state index contributed by atoms with van der Waals surface area (Å²) in [5.41, 5.74) is 2.58. The minimum Gasteiger partial charge on any atom is -0.457 e. The van der Waals surface area contributed by atoms with E-state index in [1.54, 1.807) is 11.3 Å². The highest BCUT2D eigenvalue weighted by atomic mass is 32.1. The maximum atomic E-state index is 12.6. The van der Waals surface area contributed by atoms with Gasteiger partial charge in [0.05, 0.1) is 6.04 Å². The smallest absolute Gasteiger partial charge is 0.258 e. The van der Waals surface area contributed by atoms with Gasteiger partial charge in [-0.05, 0) is 69.5 Å². The number of carbonyl (C=O) groups is 2. The fourth-order valence-electron chi connectivity index (χ4n) is 5.71. The molecule has 4 heterocycles. The summed E-state index contributed by atoms with van der Waals surface area (Å²) in [6.07, 6.45) is 4.00. The predicted octanol–water partition coefficient (Wildman–Crippen LogP) is 5.52. The van der Waals surface area contributed by atoms with E-state index in [4.69, 9.17) is 9.26 Å². The minimum absolute atomic E-state index is 0.0628. The van der Waals surface area contributed by atoms with Crippen LogP contribution in [0.15, 0.2) is 47.0 Å². The predicted molar refractivity (Wildman–Crippen MR) is 151 cm³/mol. The molecule has 0 bridgehead atoms. The van der Waals surface area contributed by atoms with Crippen LogP contribution >= 0.6 is 11.3 Å². The third-order valence-electron chi connectivity index (χ3n) is 8.10. The van der Waals surface area contributed by atoms with Gasteiger partial charge < -0.3 is 19.1 Å². The van der Waals surface area contributed by atoms with Gasteiger partial charge in [-0.3, -0.25) is 9.59 Å². The molecule has 2 aromatic carbocycles. The monoisotopic (exact) mass is 570 g/mol. The molecule has 3 fully saturated rings. The van der Waals surface area contributed by atoms with Crippen LogP contribution in [0.4, 0.5) is 0 Å². The number of amides is 2. The van der Waals surface area contributed by atoms with Crippen molar-refractivity contribution < 1.29 is 18.8 Å². The largest absolute Gasteiger partial charge is 0.457 e. The van der Waals surface area contributed by atoms with Crippen molar-refractivity contribution in [1.29, 1.82) is 0 Å². The Morgan fingerprint density at radius 3 is 2.56 bits per heavy atom. The van der Waals surface area contributed by atoms with Crippen LogP contribution in [-0.4, -0.2) is 61.1 Å². The van der Waals surface area contributed by atoms with Crippen LogP contribution in [0.1, 0.15) is 67.4 Å². The Labute approximate surface area is 241 Å². The first-order valence-corrected chi connectivity index (χ1v) is 14.9. The molecular weight excluding hydrogens is 540 g/mol. The van der Waals surface area contributed by atoms with Gasteiger partial charge in [-0.15, -0.1) is 10.2 Å². The lowest BCUT2D eigenvalue weighted by Gasteiger charge is -2.26. The molecule has 3 aliphatic rings. The van der Waals surface area contributed by atoms with Gasteiger partial charge in [0.15, 0.2) is 5.82 Å². The van der Waals surface area contributed by atoms with E-state index in [0.717, 1.165) is 46.9 Å². The Kier molecular flexibility index (Phi) is 6.53. The van der Waals surface area contributed by atoms with Crippen molar-refractivity contribution in [3.63, 3.8) is 0 Å². The fourth-order valence-corrected chi connectivity index (χ4v) is 6.41. The molecule has 10 nitrogen and oxygen atoms in total. The highest BCUT2D eigenvalue weighted by Gasteiger charge is 2.41. The summed E-state index contributed by atoms with van der Waals surface area (Å²) in [6, 6.07) is 13.7. The topological polar surface area (TPSA) is 115 Å². The molecule has 1 aliphatic carbocycles. The first-order valence-electron chi connectivity index (χ1n) is 14.1. The van der Waals surface area contributed by atoms with E-state index in [2.05, 4.69) is 20.3 Å². The average Bonchev–Trinajstić information content (AvgIpc) is 3.33. The lowest BCUT2D eigenvalue weighted by molar-refractivity contribution is -0.129. The Balaban J connectivity index is 1.17. The van der Waals surface area contributed by atoms with E-state index in [1.165, 1.54) is 0 Å². The number of aromatic nitrogens is 4. The quantitative estimate of drug-likeness (QED) is 0.272. The third kappa shape index (κ3) is 5.10. The van der Waals surface area contributed by atoms with Crippen molar-refractivity contribution >= 4 is 23.2 Å². The average molecular weight is 571 g/mol. The van der Waals surface area contributed by atoms with Crippen molar-refractivity contribution in [2.24, 2.45) is 0 Å². The first-order chi connectivity index (χ1) is 19.9. The van der Waals surface area contributed by atoms with Crippen LogP contribution in [0.5, 0.6) is 11.5 Å². The van der Waals surface area contributed by atoms with Gasteiger partial charge in [0.2, 0.25) is 11.8 Å². The molecule has 4 aromatic rings. The molecule has 2 atom stereocenters. The Morgan fingerprint density at radius 1 is 1.05 bits per heavy atom. The second kappa shape index (κ2) is 10.4. The minimum atomic E-state index is -0.158. The Hall–Kier alpha value is -4.12. The molecule has 2 aliphatic heterocycles. The van der Waals surface area contributed by atoms with Crippen molar-refractivity contribution in [3.05, 3.63) is 58.9 Å². The van der Waals surface area contributed by atoms with Crippen LogP contribution in [0.3, 0.4) is 0 Å². The number of ether oxygens (including phenoxy) is 1. The molecular formula is C30H30N6O4S. The van der Waals surface area contributed by atoms with Crippen molar-refractivity contribution in [2.45, 2.75) is 64.0 Å². The number of likely N-dealkylation sites (tertiary alicyclic amines) is 2. The highest BCUT2D eigenvalue weighted by molar-refractivity contribution is 7.14.